The first-order valence-electron chi connectivity index (χ1n) is 9.10. The Balaban J connectivity index is 0.00000261. The van der Waals surface area contributed by atoms with Crippen LogP contribution < -0.4 is 4.74 Å². The molecular weight excluding hydrogens is 366 g/mol. The van der Waals surface area contributed by atoms with Crippen LogP contribution in [0.5, 0.6) is 5.75 Å². The largest absolute Gasteiger partial charge is 0.468 e. The third-order valence-corrected chi connectivity index (χ3v) is 5.17. The van der Waals surface area contributed by atoms with Crippen molar-refractivity contribution in [1.82, 2.24) is 4.90 Å². The molecule has 1 aromatic heterocycles. The first-order valence-corrected chi connectivity index (χ1v) is 9.10. The average molecular weight is 392 g/mol. The number of halogens is 1. The Labute approximate surface area is 166 Å². The zero-order valence-electron chi connectivity index (χ0n) is 15.8. The molecule has 3 rings (SSSR count). The van der Waals surface area contributed by atoms with Crippen LogP contribution >= 0.6 is 12.4 Å². The lowest BCUT2D eigenvalue weighted by Crippen LogP contribution is -2.46. The highest BCUT2D eigenvalue weighted by Crippen LogP contribution is 2.39. The molecule has 1 aliphatic heterocycles. The normalized spacial score (nSPS) is 16.4. The fourth-order valence-corrected chi connectivity index (χ4v) is 3.81. The zero-order chi connectivity index (χ0) is 18.6. The van der Waals surface area contributed by atoms with Gasteiger partial charge in [0.2, 0.25) is 0 Å². The van der Waals surface area contributed by atoms with Crippen LogP contribution in [0.15, 0.2) is 47.1 Å². The number of carbonyl (C=O) groups excluding carboxylic acids is 2. The number of ketones is 1. The van der Waals surface area contributed by atoms with Gasteiger partial charge >= 0.3 is 5.97 Å². The molecular formula is C21H26ClNO4. The highest BCUT2D eigenvalue weighted by atomic mass is 35.5. The maximum atomic E-state index is 12.9. The molecule has 146 valence electrons. The number of hydrogen-bond acceptors (Lipinski definition) is 5. The van der Waals surface area contributed by atoms with Crippen LogP contribution in [0, 0.1) is 0 Å². The van der Waals surface area contributed by atoms with E-state index in [4.69, 9.17) is 9.15 Å². The molecule has 0 unspecified atom stereocenters. The molecule has 0 bridgehead atoms. The predicted octanol–water partition coefficient (Wildman–Crippen LogP) is 4.14. The molecule has 0 saturated carbocycles. The van der Waals surface area contributed by atoms with E-state index < -0.39 is 5.41 Å². The summed E-state index contributed by atoms with van der Waals surface area (Å²) in [7, 11) is 0. The SMILES string of the molecule is CCC(=O)C1(c2cccc(OC(C)=O)c2)CCN(Cc2ccco2)CC1.Cl. The third-order valence-electron chi connectivity index (χ3n) is 5.17. The molecule has 0 atom stereocenters. The lowest BCUT2D eigenvalue weighted by molar-refractivity contribution is -0.131. The zero-order valence-corrected chi connectivity index (χ0v) is 16.6. The molecule has 2 aromatic rings. The monoisotopic (exact) mass is 391 g/mol. The van der Waals surface area contributed by atoms with Crippen molar-refractivity contribution in [3.8, 4) is 5.75 Å². The lowest BCUT2D eigenvalue weighted by Gasteiger charge is -2.41. The van der Waals surface area contributed by atoms with Crippen molar-refractivity contribution < 1.29 is 18.7 Å². The molecule has 0 radical (unpaired) electrons. The molecule has 1 aromatic carbocycles. The second-order valence-electron chi connectivity index (χ2n) is 6.84. The second kappa shape index (κ2) is 9.20. The molecule has 0 N–H and O–H groups in total. The predicted molar refractivity (Wildman–Crippen MR) is 105 cm³/mol. The number of hydrogen-bond donors (Lipinski definition) is 0. The van der Waals surface area contributed by atoms with Crippen molar-refractivity contribution in [1.29, 1.82) is 0 Å². The fourth-order valence-electron chi connectivity index (χ4n) is 3.81. The van der Waals surface area contributed by atoms with Gasteiger partial charge in [0.25, 0.3) is 0 Å². The molecule has 6 heteroatoms. The van der Waals surface area contributed by atoms with E-state index in [1.165, 1.54) is 6.92 Å². The van der Waals surface area contributed by atoms with Crippen molar-refractivity contribution in [3.63, 3.8) is 0 Å². The van der Waals surface area contributed by atoms with E-state index in [0.717, 1.165) is 43.8 Å². The van der Waals surface area contributed by atoms with Gasteiger partial charge in [-0.3, -0.25) is 14.5 Å². The number of ether oxygens (including phenoxy) is 1. The standard InChI is InChI=1S/C21H25NO4.ClH/c1-3-20(24)21(17-6-4-7-18(14-17)26-16(2)23)9-11-22(12-10-21)15-19-8-5-13-25-19;/h4-8,13-14H,3,9-12,15H2,1-2H3;1H. The number of Topliss-reactive ketones (excluding diaryl/α,β-unsaturated/α-hetero) is 1. The van der Waals surface area contributed by atoms with Gasteiger partial charge in [-0.15, -0.1) is 12.4 Å². The summed E-state index contributed by atoms with van der Waals surface area (Å²) < 4.78 is 10.7. The number of carbonyl (C=O) groups is 2. The van der Waals surface area contributed by atoms with Gasteiger partial charge in [-0.05, 0) is 55.8 Å². The van der Waals surface area contributed by atoms with Crippen LogP contribution in [0.1, 0.15) is 44.4 Å². The Morgan fingerprint density at radius 3 is 2.52 bits per heavy atom. The van der Waals surface area contributed by atoms with Gasteiger partial charge in [0, 0.05) is 13.3 Å². The Bertz CT molecular complexity index is 764. The van der Waals surface area contributed by atoms with Crippen molar-refractivity contribution in [2.45, 2.75) is 45.1 Å². The highest BCUT2D eigenvalue weighted by molar-refractivity contribution is 5.90. The number of esters is 1. The van der Waals surface area contributed by atoms with E-state index in [-0.39, 0.29) is 24.2 Å². The summed E-state index contributed by atoms with van der Waals surface area (Å²) in [5.74, 6) is 1.33. The Morgan fingerprint density at radius 1 is 1.19 bits per heavy atom. The maximum absolute atomic E-state index is 12.9. The maximum Gasteiger partial charge on any atom is 0.308 e. The summed E-state index contributed by atoms with van der Waals surface area (Å²) in [6, 6.07) is 11.3. The van der Waals surface area contributed by atoms with E-state index in [1.807, 2.05) is 37.3 Å². The molecule has 0 aliphatic carbocycles. The van der Waals surface area contributed by atoms with E-state index in [0.29, 0.717) is 12.2 Å². The number of benzene rings is 1. The van der Waals surface area contributed by atoms with Crippen molar-refractivity contribution in [3.05, 3.63) is 54.0 Å². The van der Waals surface area contributed by atoms with Crippen molar-refractivity contribution in [2.24, 2.45) is 0 Å². The summed E-state index contributed by atoms with van der Waals surface area (Å²) in [6.45, 7) is 5.70. The molecule has 2 heterocycles. The Hall–Kier alpha value is -2.11. The molecule has 1 aliphatic rings. The smallest absolute Gasteiger partial charge is 0.308 e. The van der Waals surface area contributed by atoms with Crippen molar-refractivity contribution in [2.75, 3.05) is 13.1 Å². The van der Waals surface area contributed by atoms with Crippen LogP contribution in [0.4, 0.5) is 0 Å². The van der Waals surface area contributed by atoms with E-state index in [9.17, 15) is 9.59 Å². The molecule has 0 amide bonds. The molecule has 1 saturated heterocycles. The van der Waals surface area contributed by atoms with Crippen LogP contribution in [0.2, 0.25) is 0 Å². The number of furan rings is 1. The van der Waals surface area contributed by atoms with Gasteiger partial charge in [-0.2, -0.15) is 0 Å². The number of piperidine rings is 1. The summed E-state index contributed by atoms with van der Waals surface area (Å²) in [4.78, 5) is 26.5. The minimum atomic E-state index is -0.509. The number of likely N-dealkylation sites (tertiary alicyclic amines) is 1. The van der Waals surface area contributed by atoms with Gasteiger partial charge in [-0.25, -0.2) is 0 Å². The first kappa shape index (κ1) is 21.2. The van der Waals surface area contributed by atoms with Crippen LogP contribution in [-0.4, -0.2) is 29.7 Å². The quantitative estimate of drug-likeness (QED) is 0.547. The van der Waals surface area contributed by atoms with E-state index in [1.54, 1.807) is 12.3 Å². The number of rotatable bonds is 6. The minimum absolute atomic E-state index is 0. The molecule has 0 spiro atoms. The minimum Gasteiger partial charge on any atom is -0.468 e. The molecule has 5 nitrogen and oxygen atoms in total. The van der Waals surface area contributed by atoms with Gasteiger partial charge in [0.15, 0.2) is 0 Å². The van der Waals surface area contributed by atoms with Gasteiger partial charge in [-0.1, -0.05) is 19.1 Å². The van der Waals surface area contributed by atoms with Gasteiger partial charge in [0.1, 0.15) is 17.3 Å². The lowest BCUT2D eigenvalue weighted by atomic mass is 9.69. The van der Waals surface area contributed by atoms with Crippen LogP contribution in [0.3, 0.4) is 0 Å². The summed E-state index contributed by atoms with van der Waals surface area (Å²) in [6.07, 6.45) is 3.69. The fraction of sp³-hybridized carbons (Fsp3) is 0.429. The average Bonchev–Trinajstić information content (AvgIpc) is 3.14. The van der Waals surface area contributed by atoms with Crippen molar-refractivity contribution >= 4 is 24.2 Å². The van der Waals surface area contributed by atoms with E-state index in [2.05, 4.69) is 4.90 Å². The van der Waals surface area contributed by atoms with Crippen LogP contribution in [-0.2, 0) is 21.5 Å². The third kappa shape index (κ3) is 4.79. The Morgan fingerprint density at radius 2 is 1.93 bits per heavy atom. The topological polar surface area (TPSA) is 59.8 Å². The van der Waals surface area contributed by atoms with Gasteiger partial charge in [0.05, 0.1) is 18.2 Å². The summed E-state index contributed by atoms with van der Waals surface area (Å²) in [5, 5.41) is 0. The summed E-state index contributed by atoms with van der Waals surface area (Å²) >= 11 is 0. The van der Waals surface area contributed by atoms with Gasteiger partial charge < -0.3 is 9.15 Å². The second-order valence-corrected chi connectivity index (χ2v) is 6.84. The van der Waals surface area contributed by atoms with Crippen LogP contribution in [0.25, 0.3) is 0 Å². The summed E-state index contributed by atoms with van der Waals surface area (Å²) in [5.41, 5.74) is 0.436. The first-order chi connectivity index (χ1) is 12.5. The highest BCUT2D eigenvalue weighted by Gasteiger charge is 2.41. The van der Waals surface area contributed by atoms with E-state index >= 15 is 0 Å². The Kier molecular flexibility index (Phi) is 7.22. The molecule has 1 fully saturated rings. The number of nitrogens with zero attached hydrogens (tertiary/aromatic N) is 1. The molecule has 27 heavy (non-hydrogen) atoms.